The Morgan fingerprint density at radius 3 is 2.39 bits per heavy atom. The molecule has 2 atom stereocenters. The summed E-state index contributed by atoms with van der Waals surface area (Å²) in [4.78, 5) is 40.9. The summed E-state index contributed by atoms with van der Waals surface area (Å²) in [6.45, 7) is 5.51. The van der Waals surface area contributed by atoms with Gasteiger partial charge in [-0.05, 0) is 68.1 Å². The highest BCUT2D eigenvalue weighted by atomic mass is 16.3. The monoisotopic (exact) mass is 616 g/mol. The zero-order chi connectivity index (χ0) is 31.7. The SMILES string of the molecule is Cc1ccc(CN2CC[C@@H](C(=O)N3CCC(O)(Cn4cnc5c(ccn5-c5ccccc5)c4=O)CC3)[C@H](c3ccccc3)C2)cn1. The molecule has 236 valence electrons. The van der Waals surface area contributed by atoms with Crippen LogP contribution in [0.1, 0.15) is 42.0 Å². The van der Waals surface area contributed by atoms with Gasteiger partial charge in [0.05, 0.1) is 17.5 Å². The fourth-order valence-corrected chi connectivity index (χ4v) is 7.16. The summed E-state index contributed by atoms with van der Waals surface area (Å²) in [5, 5.41) is 12.1. The first-order valence-corrected chi connectivity index (χ1v) is 16.2. The fourth-order valence-electron chi connectivity index (χ4n) is 7.16. The largest absolute Gasteiger partial charge is 0.388 e. The van der Waals surface area contributed by atoms with Crippen molar-refractivity contribution in [3.8, 4) is 5.69 Å². The first-order valence-electron chi connectivity index (χ1n) is 16.2. The normalized spacial score (nSPS) is 20.2. The van der Waals surface area contributed by atoms with Gasteiger partial charge in [-0.1, -0.05) is 54.6 Å². The van der Waals surface area contributed by atoms with Crippen LogP contribution in [-0.4, -0.2) is 71.7 Å². The van der Waals surface area contributed by atoms with Crippen LogP contribution in [0.4, 0.5) is 0 Å². The number of benzene rings is 2. The predicted octanol–water partition coefficient (Wildman–Crippen LogP) is 4.55. The number of fused-ring (bicyclic) bond motifs is 1. The van der Waals surface area contributed by atoms with Gasteiger partial charge in [-0.3, -0.25) is 24.0 Å². The average Bonchev–Trinajstić information content (AvgIpc) is 3.53. The van der Waals surface area contributed by atoms with Crippen LogP contribution >= 0.6 is 0 Å². The molecule has 9 nitrogen and oxygen atoms in total. The summed E-state index contributed by atoms with van der Waals surface area (Å²) in [5.41, 5.74) is 3.63. The van der Waals surface area contributed by atoms with E-state index in [0.29, 0.717) is 37.0 Å². The molecule has 0 bridgehead atoms. The lowest BCUT2D eigenvalue weighted by Crippen LogP contribution is -2.53. The van der Waals surface area contributed by atoms with E-state index in [1.54, 1.807) is 6.07 Å². The molecule has 0 unspecified atom stereocenters. The molecule has 7 rings (SSSR count). The molecule has 2 aliphatic heterocycles. The molecule has 0 aliphatic carbocycles. The van der Waals surface area contributed by atoms with Crippen LogP contribution in [0.2, 0.25) is 0 Å². The number of aryl methyl sites for hydroxylation is 1. The van der Waals surface area contributed by atoms with Gasteiger partial charge in [0.1, 0.15) is 6.33 Å². The predicted molar refractivity (Wildman–Crippen MR) is 178 cm³/mol. The Kier molecular flexibility index (Phi) is 8.27. The van der Waals surface area contributed by atoms with Crippen molar-refractivity contribution < 1.29 is 9.90 Å². The molecule has 5 heterocycles. The number of rotatable bonds is 7. The van der Waals surface area contributed by atoms with E-state index < -0.39 is 5.60 Å². The van der Waals surface area contributed by atoms with Crippen LogP contribution in [0.3, 0.4) is 0 Å². The molecule has 5 aromatic rings. The second-order valence-electron chi connectivity index (χ2n) is 12.9. The minimum atomic E-state index is -1.10. The van der Waals surface area contributed by atoms with Gasteiger partial charge in [-0.15, -0.1) is 0 Å². The van der Waals surface area contributed by atoms with Crippen LogP contribution in [0.25, 0.3) is 16.7 Å². The molecule has 3 aromatic heterocycles. The average molecular weight is 617 g/mol. The maximum Gasteiger partial charge on any atom is 0.262 e. The third-order valence-corrected chi connectivity index (χ3v) is 9.80. The molecule has 0 spiro atoms. The molecule has 0 saturated carbocycles. The summed E-state index contributed by atoms with van der Waals surface area (Å²) in [5.74, 6) is 0.125. The first kappa shape index (κ1) is 30.1. The van der Waals surface area contributed by atoms with Gasteiger partial charge in [-0.2, -0.15) is 0 Å². The Hall–Kier alpha value is -4.60. The molecule has 2 fully saturated rings. The molecule has 1 amide bonds. The number of aliphatic hydroxyl groups is 1. The quantitative estimate of drug-likeness (QED) is 0.288. The van der Waals surface area contributed by atoms with Crippen molar-refractivity contribution in [1.82, 2.24) is 28.9 Å². The third-order valence-electron chi connectivity index (χ3n) is 9.80. The summed E-state index contributed by atoms with van der Waals surface area (Å²) < 4.78 is 3.41. The molecule has 2 aliphatic rings. The van der Waals surface area contributed by atoms with Crippen LogP contribution in [0.5, 0.6) is 0 Å². The number of carbonyl (C=O) groups excluding carboxylic acids is 1. The van der Waals surface area contributed by atoms with Crippen molar-refractivity contribution in [3.63, 3.8) is 0 Å². The third kappa shape index (κ3) is 6.12. The van der Waals surface area contributed by atoms with Crippen molar-refractivity contribution in [2.24, 2.45) is 5.92 Å². The number of hydrogen-bond acceptors (Lipinski definition) is 6. The number of para-hydroxylation sites is 1. The highest BCUT2D eigenvalue weighted by Gasteiger charge is 2.41. The van der Waals surface area contributed by atoms with Crippen molar-refractivity contribution in [1.29, 1.82) is 0 Å². The van der Waals surface area contributed by atoms with Gasteiger partial charge in [0.25, 0.3) is 5.56 Å². The topological polar surface area (TPSA) is 96.5 Å². The first-order chi connectivity index (χ1) is 22.4. The van der Waals surface area contributed by atoms with E-state index in [-0.39, 0.29) is 29.8 Å². The molecule has 1 N–H and O–H groups in total. The van der Waals surface area contributed by atoms with Gasteiger partial charge in [0, 0.05) is 61.8 Å². The van der Waals surface area contributed by atoms with Crippen molar-refractivity contribution >= 4 is 16.9 Å². The van der Waals surface area contributed by atoms with Gasteiger partial charge in [-0.25, -0.2) is 4.98 Å². The van der Waals surface area contributed by atoms with E-state index >= 15 is 0 Å². The molecule has 46 heavy (non-hydrogen) atoms. The lowest BCUT2D eigenvalue weighted by Gasteiger charge is -2.43. The number of hydrogen-bond donors (Lipinski definition) is 1. The number of piperidine rings is 2. The minimum Gasteiger partial charge on any atom is -0.388 e. The summed E-state index contributed by atoms with van der Waals surface area (Å²) >= 11 is 0. The van der Waals surface area contributed by atoms with Crippen molar-refractivity contribution in [3.05, 3.63) is 125 Å². The second kappa shape index (κ2) is 12.7. The zero-order valence-corrected chi connectivity index (χ0v) is 26.2. The smallest absolute Gasteiger partial charge is 0.262 e. The Bertz CT molecular complexity index is 1860. The highest BCUT2D eigenvalue weighted by molar-refractivity contribution is 5.80. The minimum absolute atomic E-state index is 0.0845. The molecule has 2 aromatic carbocycles. The second-order valence-corrected chi connectivity index (χ2v) is 12.9. The van der Waals surface area contributed by atoms with Gasteiger partial charge in [0.15, 0.2) is 5.65 Å². The van der Waals surface area contributed by atoms with Crippen LogP contribution in [0, 0.1) is 12.8 Å². The maximum atomic E-state index is 14.1. The Morgan fingerprint density at radius 2 is 1.67 bits per heavy atom. The lowest BCUT2D eigenvalue weighted by molar-refractivity contribution is -0.142. The van der Waals surface area contributed by atoms with Crippen LogP contribution in [0.15, 0.2) is 102 Å². The Morgan fingerprint density at radius 1 is 0.935 bits per heavy atom. The molecule has 0 radical (unpaired) electrons. The van der Waals surface area contributed by atoms with E-state index in [1.165, 1.54) is 22.0 Å². The van der Waals surface area contributed by atoms with Gasteiger partial charge in [0.2, 0.25) is 5.91 Å². The number of carbonyl (C=O) groups is 1. The summed E-state index contributed by atoms with van der Waals surface area (Å²) in [6.07, 6.45) is 6.92. The number of amides is 1. The molecular weight excluding hydrogens is 576 g/mol. The van der Waals surface area contributed by atoms with Crippen LogP contribution in [-0.2, 0) is 17.9 Å². The lowest BCUT2D eigenvalue weighted by atomic mass is 9.79. The van der Waals surface area contributed by atoms with E-state index in [0.717, 1.165) is 37.4 Å². The van der Waals surface area contributed by atoms with Gasteiger partial charge < -0.3 is 14.6 Å². The Labute approximate surface area is 268 Å². The number of nitrogens with zero attached hydrogens (tertiary/aromatic N) is 6. The van der Waals surface area contributed by atoms with Crippen molar-refractivity contribution in [2.45, 2.75) is 50.8 Å². The summed E-state index contributed by atoms with van der Waals surface area (Å²) in [7, 11) is 0. The van der Waals surface area contributed by atoms with E-state index in [2.05, 4.69) is 33.1 Å². The van der Waals surface area contributed by atoms with E-state index in [4.69, 9.17) is 0 Å². The highest BCUT2D eigenvalue weighted by Crippen LogP contribution is 2.36. The number of pyridine rings is 1. The van der Waals surface area contributed by atoms with Crippen molar-refractivity contribution in [2.75, 3.05) is 26.2 Å². The van der Waals surface area contributed by atoms with E-state index in [9.17, 15) is 14.7 Å². The fraction of sp³-hybridized carbons (Fsp3) is 0.351. The molecule has 2 saturated heterocycles. The summed E-state index contributed by atoms with van der Waals surface area (Å²) in [6, 6.07) is 26.1. The molecule has 9 heteroatoms. The van der Waals surface area contributed by atoms with Gasteiger partial charge >= 0.3 is 0 Å². The molecular formula is C37H40N6O3. The number of likely N-dealkylation sites (tertiary alicyclic amines) is 2. The zero-order valence-electron chi connectivity index (χ0n) is 26.2. The Balaban J connectivity index is 1.03. The van der Waals surface area contributed by atoms with E-state index in [1.807, 2.05) is 83.4 Å². The standard InChI is InChI=1S/C37H40N6O3/c1-27-12-13-28(22-38-27)23-40-18-14-31(33(24-40)29-8-4-2-5-9-29)35(44)41-20-16-37(46,17-21-41)25-42-26-39-34-32(36(42)45)15-19-43(34)30-10-6-3-7-11-30/h2-13,15,19,22,26,31,33,46H,14,16-18,20-21,23-25H2,1H3/t31-,33+/m1/s1. The maximum absolute atomic E-state index is 14.1. The number of aromatic nitrogens is 4. The van der Waals surface area contributed by atoms with Crippen LogP contribution < -0.4 is 5.56 Å².